The number of hydrogen-bond acceptors (Lipinski definition) is 3. The maximum Gasteiger partial charge on any atom is 0.222 e. The van der Waals surface area contributed by atoms with E-state index in [1.54, 1.807) is 0 Å². The summed E-state index contributed by atoms with van der Waals surface area (Å²) in [4.78, 5) is 13.5. The van der Waals surface area contributed by atoms with E-state index in [2.05, 4.69) is 49.2 Å². The zero-order valence-corrected chi connectivity index (χ0v) is 12.6. The molecule has 20 heavy (non-hydrogen) atoms. The van der Waals surface area contributed by atoms with E-state index in [0.717, 1.165) is 26.1 Å². The highest BCUT2D eigenvalue weighted by molar-refractivity contribution is 5.78. The molecule has 4 heteroatoms. The van der Waals surface area contributed by atoms with Crippen molar-refractivity contribution in [2.45, 2.75) is 39.8 Å². The number of nitrogens with zero attached hydrogens (tertiary/aromatic N) is 1. The first kappa shape index (κ1) is 14.9. The van der Waals surface area contributed by atoms with Crippen LogP contribution in [-0.2, 0) is 11.3 Å². The first-order valence-corrected chi connectivity index (χ1v) is 7.34. The molecule has 1 aromatic carbocycles. The second kappa shape index (κ2) is 6.27. The van der Waals surface area contributed by atoms with Crippen molar-refractivity contribution >= 4 is 11.6 Å². The average Bonchev–Trinajstić information content (AvgIpc) is 2.86. The Balaban J connectivity index is 2.05. The van der Waals surface area contributed by atoms with Gasteiger partial charge in [0, 0.05) is 31.4 Å². The lowest BCUT2D eigenvalue weighted by molar-refractivity contribution is -0.121. The van der Waals surface area contributed by atoms with Crippen molar-refractivity contribution in [3.05, 3.63) is 29.3 Å². The summed E-state index contributed by atoms with van der Waals surface area (Å²) in [6.45, 7) is 8.98. The van der Waals surface area contributed by atoms with E-state index in [1.165, 1.54) is 16.8 Å². The number of anilines is 1. The third kappa shape index (κ3) is 3.51. The van der Waals surface area contributed by atoms with Crippen LogP contribution in [0.2, 0.25) is 0 Å². The van der Waals surface area contributed by atoms with Gasteiger partial charge in [0.2, 0.25) is 5.91 Å². The van der Waals surface area contributed by atoms with Gasteiger partial charge in [-0.05, 0) is 30.5 Å². The van der Waals surface area contributed by atoms with Crippen LogP contribution in [0.5, 0.6) is 0 Å². The number of carbonyl (C=O) groups excluding carboxylic acids is 1. The van der Waals surface area contributed by atoms with E-state index in [-0.39, 0.29) is 11.8 Å². The molecule has 0 bridgehead atoms. The molecule has 0 saturated carbocycles. The Kier molecular flexibility index (Phi) is 4.65. The highest BCUT2D eigenvalue weighted by Crippen LogP contribution is 2.27. The third-order valence-electron chi connectivity index (χ3n) is 3.91. The number of carbonyl (C=O) groups is 1. The van der Waals surface area contributed by atoms with Gasteiger partial charge in [-0.15, -0.1) is 0 Å². The summed E-state index contributed by atoms with van der Waals surface area (Å²) in [5, 5.41) is 3.43. The molecule has 0 spiro atoms. The van der Waals surface area contributed by atoms with Crippen LogP contribution in [0.3, 0.4) is 0 Å². The van der Waals surface area contributed by atoms with E-state index < -0.39 is 0 Å². The summed E-state index contributed by atoms with van der Waals surface area (Å²) in [7, 11) is 0. The summed E-state index contributed by atoms with van der Waals surface area (Å²) in [5.74, 6) is -0.181. The lowest BCUT2D eigenvalue weighted by Crippen LogP contribution is -2.27. The fourth-order valence-corrected chi connectivity index (χ4v) is 2.72. The zero-order chi connectivity index (χ0) is 14.7. The molecular weight excluding hydrogens is 250 g/mol. The molecule has 0 radical (unpaired) electrons. The van der Waals surface area contributed by atoms with Gasteiger partial charge in [-0.3, -0.25) is 4.79 Å². The van der Waals surface area contributed by atoms with Crippen molar-refractivity contribution in [1.82, 2.24) is 5.32 Å². The fraction of sp³-hybridized carbons (Fsp3) is 0.562. The summed E-state index contributed by atoms with van der Waals surface area (Å²) in [5.41, 5.74) is 9.18. The minimum atomic E-state index is -0.178. The van der Waals surface area contributed by atoms with Crippen LogP contribution in [0.25, 0.3) is 0 Å². The van der Waals surface area contributed by atoms with Crippen LogP contribution in [0.1, 0.15) is 31.4 Å². The van der Waals surface area contributed by atoms with Gasteiger partial charge in [-0.2, -0.15) is 0 Å². The highest BCUT2D eigenvalue weighted by atomic mass is 16.1. The number of aryl methyl sites for hydroxylation is 1. The van der Waals surface area contributed by atoms with Gasteiger partial charge < -0.3 is 16.0 Å². The van der Waals surface area contributed by atoms with Gasteiger partial charge >= 0.3 is 0 Å². The molecule has 1 heterocycles. The maximum atomic E-state index is 11.3. The van der Waals surface area contributed by atoms with Crippen molar-refractivity contribution in [2.24, 2.45) is 11.7 Å². The second-order valence-corrected chi connectivity index (χ2v) is 5.99. The number of hydrogen-bond donors (Lipinski definition) is 2. The van der Waals surface area contributed by atoms with Crippen molar-refractivity contribution < 1.29 is 4.79 Å². The minimum Gasteiger partial charge on any atom is -0.370 e. The highest BCUT2D eigenvalue weighted by Gasteiger charge is 2.27. The zero-order valence-electron chi connectivity index (χ0n) is 12.6. The number of amides is 1. The van der Waals surface area contributed by atoms with Crippen LogP contribution in [0, 0.1) is 12.8 Å². The number of nitrogens with two attached hydrogens (primary N) is 1. The van der Waals surface area contributed by atoms with Crippen molar-refractivity contribution in [1.29, 1.82) is 0 Å². The van der Waals surface area contributed by atoms with Crippen molar-refractivity contribution in [3.8, 4) is 0 Å². The lowest BCUT2D eigenvalue weighted by Gasteiger charge is -2.21. The van der Waals surface area contributed by atoms with Gasteiger partial charge in [-0.25, -0.2) is 0 Å². The quantitative estimate of drug-likeness (QED) is 0.861. The maximum absolute atomic E-state index is 11.3. The fourth-order valence-electron chi connectivity index (χ4n) is 2.72. The van der Waals surface area contributed by atoms with E-state index in [9.17, 15) is 4.79 Å². The molecule has 1 saturated heterocycles. The van der Waals surface area contributed by atoms with Gasteiger partial charge in [0.25, 0.3) is 0 Å². The molecule has 3 N–H and O–H groups in total. The average molecular weight is 275 g/mol. The summed E-state index contributed by atoms with van der Waals surface area (Å²) in [6, 6.07) is 7.04. The molecule has 1 fully saturated rings. The lowest BCUT2D eigenvalue weighted by atomic mass is 10.1. The molecule has 1 aliphatic rings. The van der Waals surface area contributed by atoms with Crippen LogP contribution in [-0.4, -0.2) is 25.0 Å². The summed E-state index contributed by atoms with van der Waals surface area (Å²) in [6.07, 6.45) is 0.866. The summed E-state index contributed by atoms with van der Waals surface area (Å²) < 4.78 is 0. The Bertz CT molecular complexity index is 485. The SMILES string of the molecule is Cc1cc(CNC(C)C)ccc1N1CCC(C(N)=O)C1. The van der Waals surface area contributed by atoms with Gasteiger partial charge in [0.05, 0.1) is 5.92 Å². The first-order valence-electron chi connectivity index (χ1n) is 7.34. The monoisotopic (exact) mass is 275 g/mol. The predicted octanol–water partition coefficient (Wildman–Crippen LogP) is 1.80. The molecule has 1 amide bonds. The van der Waals surface area contributed by atoms with Gasteiger partial charge in [0.1, 0.15) is 0 Å². The number of primary amides is 1. The largest absolute Gasteiger partial charge is 0.370 e. The van der Waals surface area contributed by atoms with E-state index in [1.807, 2.05) is 0 Å². The molecule has 2 rings (SSSR count). The minimum absolute atomic E-state index is 0.00307. The van der Waals surface area contributed by atoms with E-state index in [0.29, 0.717) is 6.04 Å². The Morgan fingerprint density at radius 3 is 2.80 bits per heavy atom. The first-order chi connectivity index (χ1) is 9.47. The van der Waals surface area contributed by atoms with Crippen molar-refractivity contribution in [3.63, 3.8) is 0 Å². The normalized spacial score (nSPS) is 18.8. The molecule has 110 valence electrons. The number of nitrogens with one attached hydrogen (secondary N) is 1. The van der Waals surface area contributed by atoms with Crippen LogP contribution in [0.4, 0.5) is 5.69 Å². The van der Waals surface area contributed by atoms with Crippen molar-refractivity contribution in [2.75, 3.05) is 18.0 Å². The molecular formula is C16H25N3O. The smallest absolute Gasteiger partial charge is 0.222 e. The standard InChI is InChI=1S/C16H25N3O/c1-11(2)18-9-13-4-5-15(12(3)8-13)19-7-6-14(10-19)16(17)20/h4-5,8,11,14,18H,6-7,9-10H2,1-3H3,(H2,17,20). The summed E-state index contributed by atoms with van der Waals surface area (Å²) >= 11 is 0. The predicted molar refractivity (Wildman–Crippen MR) is 82.7 cm³/mol. The Morgan fingerprint density at radius 1 is 1.50 bits per heavy atom. The van der Waals surface area contributed by atoms with E-state index >= 15 is 0 Å². The third-order valence-corrected chi connectivity index (χ3v) is 3.91. The van der Waals surface area contributed by atoms with Gasteiger partial charge in [-0.1, -0.05) is 26.0 Å². The van der Waals surface area contributed by atoms with Crippen LogP contribution in [0.15, 0.2) is 18.2 Å². The Hall–Kier alpha value is -1.55. The molecule has 1 aromatic rings. The van der Waals surface area contributed by atoms with E-state index in [4.69, 9.17) is 5.73 Å². The Labute approximate surface area is 121 Å². The topological polar surface area (TPSA) is 58.4 Å². The molecule has 1 aliphatic heterocycles. The van der Waals surface area contributed by atoms with Gasteiger partial charge in [0.15, 0.2) is 0 Å². The molecule has 0 aromatic heterocycles. The molecule has 1 unspecified atom stereocenters. The van der Waals surface area contributed by atoms with Crippen LogP contribution < -0.4 is 16.0 Å². The number of benzene rings is 1. The second-order valence-electron chi connectivity index (χ2n) is 5.99. The molecule has 1 atom stereocenters. The number of rotatable bonds is 5. The Morgan fingerprint density at radius 2 is 2.25 bits per heavy atom. The van der Waals surface area contributed by atoms with Crippen LogP contribution >= 0.6 is 0 Å². The molecule has 4 nitrogen and oxygen atoms in total. The molecule has 0 aliphatic carbocycles.